The Hall–Kier alpha value is -4.39. The number of likely N-dealkylation sites (N-methyl/N-ethyl adjacent to an activating group) is 1. The summed E-state index contributed by atoms with van der Waals surface area (Å²) in [5.74, 6) is -0.780. The molecule has 0 bridgehead atoms. The van der Waals surface area contributed by atoms with E-state index in [1.807, 2.05) is 35.9 Å². The van der Waals surface area contributed by atoms with Gasteiger partial charge in [0.15, 0.2) is 0 Å². The number of anilines is 2. The highest BCUT2D eigenvalue weighted by Crippen LogP contribution is 2.35. The van der Waals surface area contributed by atoms with E-state index in [4.69, 9.17) is 27.9 Å². The lowest BCUT2D eigenvalue weighted by Crippen LogP contribution is -2.40. The van der Waals surface area contributed by atoms with Crippen LogP contribution in [-0.4, -0.2) is 51.1 Å². The second-order valence-electron chi connectivity index (χ2n) is 9.47. The molecular weight excluding hydrogens is 617 g/mol. The topological polar surface area (TPSA) is 147 Å². The smallest absolute Gasteiger partial charge is 0.319 e. The molecule has 0 unspecified atom stereocenters. The molecule has 0 aliphatic rings. The Morgan fingerprint density at radius 3 is 2.49 bits per heavy atom. The first-order chi connectivity index (χ1) is 20.3. The van der Waals surface area contributed by atoms with Gasteiger partial charge in [0.2, 0.25) is 15.9 Å². The number of aryl methyl sites for hydroxylation is 1. The highest BCUT2D eigenvalue weighted by atomic mass is 35.5. The predicted octanol–water partition coefficient (Wildman–Crippen LogP) is 4.90. The first-order valence-corrected chi connectivity index (χ1v) is 15.4. The number of nitrogens with one attached hydrogen (secondary N) is 3. The van der Waals surface area contributed by atoms with E-state index in [9.17, 15) is 22.8 Å². The van der Waals surface area contributed by atoms with Crippen molar-refractivity contribution in [3.8, 4) is 5.75 Å². The molecular formula is C29H27Cl2N5O6S. The van der Waals surface area contributed by atoms with Crippen molar-refractivity contribution in [2.24, 2.45) is 0 Å². The lowest BCUT2D eigenvalue weighted by molar-refractivity contribution is -0.117. The number of para-hydroxylation sites is 1. The Morgan fingerprint density at radius 1 is 1.00 bits per heavy atom. The second-order valence-corrected chi connectivity index (χ2v) is 12.0. The van der Waals surface area contributed by atoms with Gasteiger partial charge >= 0.3 is 6.03 Å². The molecule has 4 aromatic rings. The number of urea groups is 1. The van der Waals surface area contributed by atoms with Crippen LogP contribution in [0.25, 0.3) is 10.9 Å². The number of hydrogen-bond donors (Lipinski definition) is 3. The summed E-state index contributed by atoms with van der Waals surface area (Å²) in [6.45, 7) is 1.52. The van der Waals surface area contributed by atoms with E-state index in [2.05, 4.69) is 15.6 Å². The normalized spacial score (nSPS) is 11.1. The molecule has 11 nitrogen and oxygen atoms in total. The number of benzene rings is 3. The number of nitrogens with zero attached hydrogens (tertiary/aromatic N) is 2. The number of pyridine rings is 1. The lowest BCUT2D eigenvalue weighted by Gasteiger charge is -2.21. The third kappa shape index (κ3) is 8.13. The van der Waals surface area contributed by atoms with Gasteiger partial charge in [-0.2, -0.15) is 0 Å². The third-order valence-corrected chi connectivity index (χ3v) is 7.49. The van der Waals surface area contributed by atoms with Gasteiger partial charge in [0, 0.05) is 40.0 Å². The molecule has 0 saturated heterocycles. The van der Waals surface area contributed by atoms with Crippen LogP contribution in [0.4, 0.5) is 16.2 Å². The predicted molar refractivity (Wildman–Crippen MR) is 166 cm³/mol. The minimum Gasteiger partial charge on any atom is -0.487 e. The van der Waals surface area contributed by atoms with Crippen molar-refractivity contribution < 1.29 is 27.5 Å². The van der Waals surface area contributed by atoms with Crippen LogP contribution < -0.4 is 25.0 Å². The number of rotatable bonds is 9. The summed E-state index contributed by atoms with van der Waals surface area (Å²) in [4.78, 5) is 43.3. The minimum atomic E-state index is -3.76. The van der Waals surface area contributed by atoms with Crippen molar-refractivity contribution in [1.82, 2.24) is 15.0 Å². The van der Waals surface area contributed by atoms with Crippen LogP contribution in [0.1, 0.15) is 21.6 Å². The van der Waals surface area contributed by atoms with Crippen LogP contribution in [0.2, 0.25) is 10.0 Å². The van der Waals surface area contributed by atoms with E-state index in [0.717, 1.165) is 17.3 Å². The van der Waals surface area contributed by atoms with E-state index >= 15 is 0 Å². The Labute approximate surface area is 258 Å². The molecule has 14 heteroatoms. The standard InChI is InChI=1S/C29H27Cl2N5O6S/c1-17-10-11-18-6-5-9-24(27(18)33-17)42-16-21-22(30)12-13-23(26(21)31)36(2)25(37)15-32-29(39)34-20-8-4-7-19(14-20)28(38)35-43(3,40)41/h4-14H,15-16H2,1-3H3,(H,35,38)(H2,32,34,39). The van der Waals surface area contributed by atoms with E-state index in [0.29, 0.717) is 27.5 Å². The highest BCUT2D eigenvalue weighted by molar-refractivity contribution is 7.89. The highest BCUT2D eigenvalue weighted by Gasteiger charge is 2.20. The number of halogens is 2. The van der Waals surface area contributed by atoms with Gasteiger partial charge in [-0.05, 0) is 49.4 Å². The molecule has 0 aliphatic heterocycles. The van der Waals surface area contributed by atoms with Crippen molar-refractivity contribution in [3.05, 3.63) is 93.6 Å². The summed E-state index contributed by atoms with van der Waals surface area (Å²) < 4.78 is 30.5. The van der Waals surface area contributed by atoms with E-state index in [-0.39, 0.29) is 29.4 Å². The molecule has 4 amide bonds. The lowest BCUT2D eigenvalue weighted by atomic mass is 10.1. The Bertz CT molecular complexity index is 1830. The SMILES string of the molecule is Cc1ccc2cccc(OCc3c(Cl)ccc(N(C)C(=O)CNC(=O)Nc4cccc(C(=O)NS(C)(=O)=O)c4)c3Cl)c2n1. The molecule has 1 heterocycles. The number of amides is 4. The fourth-order valence-electron chi connectivity index (χ4n) is 4.01. The molecule has 1 aromatic heterocycles. The van der Waals surface area contributed by atoms with Gasteiger partial charge in [-0.25, -0.2) is 22.9 Å². The van der Waals surface area contributed by atoms with Crippen LogP contribution >= 0.6 is 23.2 Å². The summed E-state index contributed by atoms with van der Waals surface area (Å²) in [6, 6.07) is 17.6. The Kier molecular flexibility index (Phi) is 9.74. The largest absolute Gasteiger partial charge is 0.487 e. The van der Waals surface area contributed by atoms with Gasteiger partial charge in [-0.3, -0.25) is 9.59 Å². The van der Waals surface area contributed by atoms with E-state index in [1.165, 1.54) is 36.2 Å². The van der Waals surface area contributed by atoms with Crippen molar-refractivity contribution in [2.45, 2.75) is 13.5 Å². The van der Waals surface area contributed by atoms with Crippen LogP contribution in [0.5, 0.6) is 5.75 Å². The van der Waals surface area contributed by atoms with Crippen molar-refractivity contribution >= 4 is 73.3 Å². The first kappa shape index (κ1) is 31.5. The Balaban J connectivity index is 1.39. The molecule has 3 aromatic carbocycles. The van der Waals surface area contributed by atoms with Crippen LogP contribution in [-0.2, 0) is 21.4 Å². The number of hydrogen-bond acceptors (Lipinski definition) is 7. The van der Waals surface area contributed by atoms with Crippen molar-refractivity contribution in [1.29, 1.82) is 0 Å². The number of fused-ring (bicyclic) bond motifs is 1. The van der Waals surface area contributed by atoms with Crippen LogP contribution in [0.15, 0.2) is 66.7 Å². The maximum absolute atomic E-state index is 12.9. The maximum Gasteiger partial charge on any atom is 0.319 e. The molecule has 224 valence electrons. The zero-order valence-electron chi connectivity index (χ0n) is 23.3. The molecule has 4 rings (SSSR count). The number of ether oxygens (including phenoxy) is 1. The minimum absolute atomic E-state index is 0.0167. The van der Waals surface area contributed by atoms with Crippen LogP contribution in [0, 0.1) is 6.92 Å². The second kappa shape index (κ2) is 13.3. The molecule has 0 spiro atoms. The summed E-state index contributed by atoms with van der Waals surface area (Å²) >= 11 is 13.1. The van der Waals surface area contributed by atoms with Crippen molar-refractivity contribution in [2.75, 3.05) is 30.1 Å². The first-order valence-electron chi connectivity index (χ1n) is 12.7. The van der Waals surface area contributed by atoms with Gasteiger partial charge in [0.1, 0.15) is 17.9 Å². The molecule has 0 saturated carbocycles. The zero-order valence-corrected chi connectivity index (χ0v) is 25.6. The van der Waals surface area contributed by atoms with Crippen molar-refractivity contribution in [3.63, 3.8) is 0 Å². The van der Waals surface area contributed by atoms with Gasteiger partial charge in [-0.1, -0.05) is 47.5 Å². The number of carbonyl (C=O) groups is 3. The van der Waals surface area contributed by atoms with Gasteiger partial charge < -0.3 is 20.3 Å². The fourth-order valence-corrected chi connectivity index (χ4v) is 5.07. The average molecular weight is 645 g/mol. The summed E-state index contributed by atoms with van der Waals surface area (Å²) in [5, 5.41) is 6.42. The summed E-state index contributed by atoms with van der Waals surface area (Å²) in [5.41, 5.74) is 2.59. The molecule has 0 fully saturated rings. The van der Waals surface area contributed by atoms with E-state index in [1.54, 1.807) is 18.2 Å². The summed E-state index contributed by atoms with van der Waals surface area (Å²) in [7, 11) is -2.26. The molecule has 0 atom stereocenters. The Morgan fingerprint density at radius 2 is 1.74 bits per heavy atom. The number of sulfonamides is 1. The molecule has 0 aliphatic carbocycles. The van der Waals surface area contributed by atoms with Gasteiger partial charge in [0.25, 0.3) is 5.91 Å². The quantitative estimate of drug-likeness (QED) is 0.235. The monoisotopic (exact) mass is 643 g/mol. The fraction of sp³-hybridized carbons (Fsp3) is 0.172. The van der Waals surface area contributed by atoms with E-state index < -0.39 is 27.9 Å². The average Bonchev–Trinajstić information content (AvgIpc) is 2.95. The zero-order chi connectivity index (χ0) is 31.3. The number of carbonyl (C=O) groups excluding carboxylic acids is 3. The molecule has 0 radical (unpaired) electrons. The van der Waals surface area contributed by atoms with Gasteiger partial charge in [-0.15, -0.1) is 0 Å². The number of aromatic nitrogens is 1. The van der Waals surface area contributed by atoms with Crippen LogP contribution in [0.3, 0.4) is 0 Å². The molecule has 3 N–H and O–H groups in total. The molecule has 43 heavy (non-hydrogen) atoms. The maximum atomic E-state index is 12.9. The van der Waals surface area contributed by atoms with Gasteiger partial charge in [0.05, 0.1) is 23.5 Å². The summed E-state index contributed by atoms with van der Waals surface area (Å²) in [6.07, 6.45) is 0.852. The third-order valence-electron chi connectivity index (χ3n) is 6.16.